The number of nitrogens with zero attached hydrogens (tertiary/aromatic N) is 1. The summed E-state index contributed by atoms with van der Waals surface area (Å²) in [7, 11) is 0. The van der Waals surface area contributed by atoms with E-state index >= 15 is 0 Å². The van der Waals surface area contributed by atoms with E-state index < -0.39 is 12.0 Å². The number of carboxylic acids is 1. The minimum absolute atomic E-state index is 0.0641. The van der Waals surface area contributed by atoms with Gasteiger partial charge in [0.1, 0.15) is 12.6 Å². The van der Waals surface area contributed by atoms with Gasteiger partial charge in [-0.1, -0.05) is 0 Å². The minimum Gasteiger partial charge on any atom is -0.480 e. The fourth-order valence-corrected chi connectivity index (χ4v) is 0.998. The van der Waals surface area contributed by atoms with Crippen LogP contribution >= 0.6 is 0 Å². The van der Waals surface area contributed by atoms with Gasteiger partial charge in [-0.3, -0.25) is 14.6 Å². The first kappa shape index (κ1) is 13.6. The summed E-state index contributed by atoms with van der Waals surface area (Å²) in [6.07, 6.45) is 1.81. The van der Waals surface area contributed by atoms with E-state index in [1.807, 2.05) is 0 Å². The van der Waals surface area contributed by atoms with Crippen LogP contribution in [0, 0.1) is 0 Å². The van der Waals surface area contributed by atoms with Crippen molar-refractivity contribution in [3.8, 4) is 0 Å². The van der Waals surface area contributed by atoms with Crippen molar-refractivity contribution in [2.24, 2.45) is 10.7 Å². The van der Waals surface area contributed by atoms with Gasteiger partial charge in [0.05, 0.1) is 0 Å². The molecular weight excluding hydrogens is 198 g/mol. The van der Waals surface area contributed by atoms with E-state index in [1.165, 1.54) is 0 Å². The Morgan fingerprint density at radius 1 is 1.47 bits per heavy atom. The van der Waals surface area contributed by atoms with Crippen LogP contribution in [-0.4, -0.2) is 42.8 Å². The summed E-state index contributed by atoms with van der Waals surface area (Å²) in [6, 6.07) is -0.810. The molecule has 0 aliphatic carbocycles. The molecule has 0 heterocycles. The molecule has 0 aliphatic rings. The Morgan fingerprint density at radius 3 is 2.67 bits per heavy atom. The van der Waals surface area contributed by atoms with Crippen LogP contribution < -0.4 is 11.1 Å². The third kappa shape index (κ3) is 7.63. The lowest BCUT2D eigenvalue weighted by molar-refractivity contribution is -0.138. The number of unbranched alkanes of at least 4 members (excludes halogenated alkanes) is 1. The van der Waals surface area contributed by atoms with Crippen molar-refractivity contribution in [3.05, 3.63) is 0 Å². The second-order valence-corrected chi connectivity index (χ2v) is 3.17. The summed E-state index contributed by atoms with van der Waals surface area (Å²) in [4.78, 5) is 24.7. The highest BCUT2D eigenvalue weighted by Crippen LogP contribution is 1.98. The quantitative estimate of drug-likeness (QED) is 0.371. The number of carbonyl (C=O) groups excluding carboxylic acids is 1. The molecule has 0 saturated carbocycles. The van der Waals surface area contributed by atoms with Crippen LogP contribution in [0.2, 0.25) is 0 Å². The van der Waals surface area contributed by atoms with E-state index in [4.69, 9.17) is 10.8 Å². The van der Waals surface area contributed by atoms with Gasteiger partial charge in [0.2, 0.25) is 5.91 Å². The monoisotopic (exact) mass is 215 g/mol. The van der Waals surface area contributed by atoms with Crippen molar-refractivity contribution in [1.29, 1.82) is 0 Å². The highest BCUT2D eigenvalue weighted by atomic mass is 16.4. The van der Waals surface area contributed by atoms with Crippen LogP contribution in [0.25, 0.3) is 0 Å². The Bertz CT molecular complexity index is 231. The van der Waals surface area contributed by atoms with Gasteiger partial charge in [-0.2, -0.15) is 0 Å². The van der Waals surface area contributed by atoms with Crippen LogP contribution in [0.1, 0.15) is 19.3 Å². The Hall–Kier alpha value is -1.43. The lowest BCUT2D eigenvalue weighted by atomic mass is 10.1. The molecule has 0 rings (SSSR count). The second-order valence-electron chi connectivity index (χ2n) is 3.17. The third-order valence-electron chi connectivity index (χ3n) is 1.84. The molecular formula is C9H17N3O3. The lowest BCUT2D eigenvalue weighted by Gasteiger charge is -2.06. The summed E-state index contributed by atoms with van der Waals surface area (Å²) in [5, 5.41) is 11.1. The van der Waals surface area contributed by atoms with E-state index in [0.717, 1.165) is 0 Å². The second kappa shape index (κ2) is 7.93. The molecule has 0 spiro atoms. The molecule has 6 heteroatoms. The number of nitrogens with one attached hydrogen (secondary N) is 1. The van der Waals surface area contributed by atoms with Gasteiger partial charge in [-0.05, 0) is 26.0 Å². The van der Waals surface area contributed by atoms with Crippen LogP contribution in [0.5, 0.6) is 0 Å². The van der Waals surface area contributed by atoms with Gasteiger partial charge >= 0.3 is 5.97 Å². The largest absolute Gasteiger partial charge is 0.480 e. The topological polar surface area (TPSA) is 105 Å². The van der Waals surface area contributed by atoms with Crippen molar-refractivity contribution in [3.63, 3.8) is 0 Å². The van der Waals surface area contributed by atoms with Crippen LogP contribution in [0.15, 0.2) is 4.99 Å². The van der Waals surface area contributed by atoms with Crippen LogP contribution in [0.4, 0.5) is 0 Å². The van der Waals surface area contributed by atoms with Gasteiger partial charge in [-0.25, -0.2) is 0 Å². The minimum atomic E-state index is -0.991. The first-order chi connectivity index (χ1) is 7.07. The maximum Gasteiger partial charge on any atom is 0.320 e. The molecule has 0 aromatic carbocycles. The summed E-state index contributed by atoms with van der Waals surface area (Å²) in [5.41, 5.74) is 5.30. The Morgan fingerprint density at radius 2 is 2.13 bits per heavy atom. The summed E-state index contributed by atoms with van der Waals surface area (Å²) >= 11 is 0. The molecule has 86 valence electrons. The molecule has 0 aromatic heterocycles. The number of aliphatic carboxylic acids is 1. The predicted octanol–water partition coefficient (Wildman–Crippen LogP) is -0.615. The maximum atomic E-state index is 10.9. The number of carbonyl (C=O) groups is 2. The average molecular weight is 215 g/mol. The molecule has 0 aliphatic heterocycles. The lowest BCUT2D eigenvalue weighted by Crippen LogP contribution is -2.30. The number of hydrogen-bond donors (Lipinski definition) is 3. The summed E-state index contributed by atoms with van der Waals surface area (Å²) < 4.78 is 0. The van der Waals surface area contributed by atoms with Gasteiger partial charge in [0, 0.05) is 6.54 Å². The highest BCUT2D eigenvalue weighted by Gasteiger charge is 2.09. The molecule has 0 bridgehead atoms. The standard InChI is InChI=1S/C9H17N3O3/c1-11-6-8(13)12-5-3-2-4-7(10)9(14)15/h7H,1-6,10H2,(H,12,13)(H,14,15)/t7-/m0/s1. The van der Waals surface area contributed by atoms with Crippen molar-refractivity contribution in [1.82, 2.24) is 5.32 Å². The molecule has 6 nitrogen and oxygen atoms in total. The fraction of sp³-hybridized carbons (Fsp3) is 0.667. The van der Waals surface area contributed by atoms with Crippen molar-refractivity contribution in [2.45, 2.75) is 25.3 Å². The molecule has 0 radical (unpaired) electrons. The zero-order valence-corrected chi connectivity index (χ0v) is 8.61. The summed E-state index contributed by atoms with van der Waals surface area (Å²) in [5.74, 6) is -1.16. The van der Waals surface area contributed by atoms with Gasteiger partial charge in [0.25, 0.3) is 0 Å². The molecule has 1 atom stereocenters. The molecule has 0 aromatic rings. The van der Waals surface area contributed by atoms with E-state index in [2.05, 4.69) is 17.0 Å². The molecule has 0 saturated heterocycles. The zero-order valence-electron chi connectivity index (χ0n) is 8.61. The fourth-order valence-electron chi connectivity index (χ4n) is 0.998. The molecule has 0 unspecified atom stereocenters. The molecule has 15 heavy (non-hydrogen) atoms. The third-order valence-corrected chi connectivity index (χ3v) is 1.84. The smallest absolute Gasteiger partial charge is 0.320 e. The van der Waals surface area contributed by atoms with Gasteiger partial charge in [-0.15, -0.1) is 0 Å². The van der Waals surface area contributed by atoms with Gasteiger partial charge < -0.3 is 16.2 Å². The molecule has 0 fully saturated rings. The Labute approximate surface area is 88.6 Å². The number of aliphatic imine (C=N–C) groups is 1. The number of hydrogen-bond acceptors (Lipinski definition) is 4. The van der Waals surface area contributed by atoms with Crippen molar-refractivity contribution in [2.75, 3.05) is 13.1 Å². The number of nitrogens with two attached hydrogens (primary N) is 1. The highest BCUT2D eigenvalue weighted by molar-refractivity contribution is 5.78. The Balaban J connectivity index is 3.35. The van der Waals surface area contributed by atoms with E-state index in [1.54, 1.807) is 0 Å². The van der Waals surface area contributed by atoms with E-state index in [9.17, 15) is 9.59 Å². The first-order valence-electron chi connectivity index (χ1n) is 4.75. The molecule has 4 N–H and O–H groups in total. The Kier molecular flexibility index (Phi) is 7.17. The first-order valence-corrected chi connectivity index (χ1v) is 4.75. The number of rotatable bonds is 8. The number of carboxylic acid groups (broad SMARTS) is 1. The van der Waals surface area contributed by atoms with E-state index in [-0.39, 0.29) is 12.5 Å². The van der Waals surface area contributed by atoms with Crippen LogP contribution in [-0.2, 0) is 9.59 Å². The van der Waals surface area contributed by atoms with Crippen molar-refractivity contribution < 1.29 is 14.7 Å². The van der Waals surface area contributed by atoms with Crippen LogP contribution in [0.3, 0.4) is 0 Å². The SMILES string of the molecule is C=NCC(=O)NCCCC[C@H](N)C(=O)O. The van der Waals surface area contributed by atoms with E-state index in [0.29, 0.717) is 25.8 Å². The molecule has 1 amide bonds. The zero-order chi connectivity index (χ0) is 11.7. The predicted molar refractivity (Wildman–Crippen MR) is 56.9 cm³/mol. The van der Waals surface area contributed by atoms with Crippen molar-refractivity contribution >= 4 is 18.6 Å². The summed E-state index contributed by atoms with van der Waals surface area (Å²) in [6.45, 7) is 3.77. The van der Waals surface area contributed by atoms with Gasteiger partial charge in [0.15, 0.2) is 0 Å². The number of amides is 1. The normalized spacial score (nSPS) is 11.8. The average Bonchev–Trinajstić information content (AvgIpc) is 2.17. The maximum absolute atomic E-state index is 10.9.